The molecule has 0 fully saturated rings. The van der Waals surface area contributed by atoms with Crippen LogP contribution >= 0.6 is 0 Å². The van der Waals surface area contributed by atoms with Crippen molar-refractivity contribution in [1.82, 2.24) is 4.98 Å². The zero-order chi connectivity index (χ0) is 12.3. The van der Waals surface area contributed by atoms with Crippen molar-refractivity contribution < 1.29 is 27.9 Å². The molecule has 0 aliphatic heterocycles. The maximum atomic E-state index is 11.8. The van der Waals surface area contributed by atoms with Gasteiger partial charge in [0, 0.05) is 6.20 Å². The Kier molecular flexibility index (Phi) is 3.11. The molecule has 1 aromatic rings. The van der Waals surface area contributed by atoms with Crippen LogP contribution in [0.2, 0.25) is 0 Å². The number of nitrogens with one attached hydrogen (secondary N) is 1. The molecule has 0 spiro atoms. The van der Waals surface area contributed by atoms with E-state index in [-0.39, 0.29) is 11.4 Å². The number of alkyl halides is 3. The van der Waals surface area contributed by atoms with Crippen LogP contribution < -0.4 is 5.32 Å². The number of carboxylic acid groups (broad SMARTS) is 1. The lowest BCUT2D eigenvalue weighted by Crippen LogP contribution is -2.30. The molecule has 8 heteroatoms. The van der Waals surface area contributed by atoms with Crippen LogP contribution in [0.1, 0.15) is 10.4 Å². The molecule has 0 saturated carbocycles. The molecule has 1 amide bonds. The van der Waals surface area contributed by atoms with E-state index in [1.807, 2.05) is 0 Å². The van der Waals surface area contributed by atoms with Gasteiger partial charge in [-0.2, -0.15) is 13.2 Å². The van der Waals surface area contributed by atoms with Crippen molar-refractivity contribution in [3.05, 3.63) is 23.9 Å². The van der Waals surface area contributed by atoms with Gasteiger partial charge in [0.25, 0.3) is 0 Å². The van der Waals surface area contributed by atoms with Crippen LogP contribution in [0.4, 0.5) is 19.0 Å². The average molecular weight is 234 g/mol. The summed E-state index contributed by atoms with van der Waals surface area (Å²) in [5.74, 6) is -3.79. The Morgan fingerprint density at radius 1 is 1.31 bits per heavy atom. The third-order valence-electron chi connectivity index (χ3n) is 1.51. The SMILES string of the molecule is O=C(O)c1ccc(NC(=O)C(F)(F)F)nc1. The Morgan fingerprint density at radius 3 is 2.31 bits per heavy atom. The minimum absolute atomic E-state index is 0.190. The summed E-state index contributed by atoms with van der Waals surface area (Å²) < 4.78 is 35.4. The molecule has 0 saturated heterocycles. The number of aromatic carboxylic acids is 1. The first-order chi connectivity index (χ1) is 7.30. The van der Waals surface area contributed by atoms with Crippen molar-refractivity contribution in [2.75, 3.05) is 5.32 Å². The van der Waals surface area contributed by atoms with Gasteiger partial charge in [-0.1, -0.05) is 0 Å². The largest absolute Gasteiger partial charge is 0.478 e. The first-order valence-corrected chi connectivity index (χ1v) is 3.88. The molecule has 5 nitrogen and oxygen atoms in total. The molecule has 1 aromatic heterocycles. The van der Waals surface area contributed by atoms with Gasteiger partial charge in [-0.05, 0) is 12.1 Å². The summed E-state index contributed by atoms with van der Waals surface area (Å²) in [4.78, 5) is 24.2. The fourth-order valence-electron chi connectivity index (χ4n) is 0.782. The van der Waals surface area contributed by atoms with Gasteiger partial charge in [0.05, 0.1) is 5.56 Å². The topological polar surface area (TPSA) is 79.3 Å². The highest BCUT2D eigenvalue weighted by molar-refractivity contribution is 5.94. The molecular formula is C8H5F3N2O3. The van der Waals surface area contributed by atoms with Gasteiger partial charge in [0.1, 0.15) is 5.82 Å². The fourth-order valence-corrected chi connectivity index (χ4v) is 0.782. The van der Waals surface area contributed by atoms with E-state index in [0.717, 1.165) is 18.3 Å². The number of hydrogen-bond donors (Lipinski definition) is 2. The molecule has 86 valence electrons. The zero-order valence-corrected chi connectivity index (χ0v) is 7.58. The highest BCUT2D eigenvalue weighted by Crippen LogP contribution is 2.17. The molecule has 0 aliphatic carbocycles. The second-order valence-electron chi connectivity index (χ2n) is 2.69. The minimum atomic E-state index is -5.01. The second kappa shape index (κ2) is 4.17. The van der Waals surface area contributed by atoms with Crippen LogP contribution in [0, 0.1) is 0 Å². The zero-order valence-electron chi connectivity index (χ0n) is 7.58. The third-order valence-corrected chi connectivity index (χ3v) is 1.51. The summed E-state index contributed by atoms with van der Waals surface area (Å²) in [6.45, 7) is 0. The Morgan fingerprint density at radius 2 is 1.94 bits per heavy atom. The number of carbonyl (C=O) groups excluding carboxylic acids is 1. The summed E-state index contributed by atoms with van der Waals surface area (Å²) in [5, 5.41) is 9.96. The summed E-state index contributed by atoms with van der Waals surface area (Å²) in [6.07, 6.45) is -4.17. The second-order valence-corrected chi connectivity index (χ2v) is 2.69. The molecule has 0 atom stereocenters. The molecule has 2 N–H and O–H groups in total. The molecule has 16 heavy (non-hydrogen) atoms. The van der Waals surface area contributed by atoms with Crippen molar-refractivity contribution in [1.29, 1.82) is 0 Å². The number of amides is 1. The number of nitrogens with zero attached hydrogens (tertiary/aromatic N) is 1. The number of carboxylic acids is 1. The maximum absolute atomic E-state index is 11.8. The number of hydrogen-bond acceptors (Lipinski definition) is 3. The molecule has 0 unspecified atom stereocenters. The van der Waals surface area contributed by atoms with E-state index in [4.69, 9.17) is 5.11 Å². The number of rotatable bonds is 2. The van der Waals surface area contributed by atoms with E-state index >= 15 is 0 Å². The summed E-state index contributed by atoms with van der Waals surface area (Å²) in [7, 11) is 0. The average Bonchev–Trinajstić information content (AvgIpc) is 2.17. The highest BCUT2D eigenvalue weighted by Gasteiger charge is 2.38. The van der Waals surface area contributed by atoms with Gasteiger partial charge < -0.3 is 10.4 Å². The quantitative estimate of drug-likeness (QED) is 0.807. The summed E-state index contributed by atoms with van der Waals surface area (Å²) in [6, 6.07) is 1.99. The smallest absolute Gasteiger partial charge is 0.471 e. The molecule has 0 radical (unpaired) electrons. The van der Waals surface area contributed by atoms with Gasteiger partial charge in [-0.3, -0.25) is 4.79 Å². The first kappa shape index (κ1) is 12.0. The Bertz CT molecular complexity index is 414. The number of aromatic nitrogens is 1. The predicted octanol–water partition coefficient (Wildman–Crippen LogP) is 1.28. The van der Waals surface area contributed by atoms with Crippen LogP contribution in [0.25, 0.3) is 0 Å². The molecular weight excluding hydrogens is 229 g/mol. The van der Waals surface area contributed by atoms with E-state index < -0.39 is 18.1 Å². The van der Waals surface area contributed by atoms with Gasteiger partial charge in [0.15, 0.2) is 0 Å². The number of halogens is 3. The Balaban J connectivity index is 2.77. The van der Waals surface area contributed by atoms with Gasteiger partial charge in [-0.15, -0.1) is 0 Å². The number of carbonyl (C=O) groups is 2. The molecule has 0 aliphatic rings. The predicted molar refractivity (Wildman–Crippen MR) is 45.9 cm³/mol. The van der Waals surface area contributed by atoms with Gasteiger partial charge in [-0.25, -0.2) is 9.78 Å². The van der Waals surface area contributed by atoms with Crippen LogP contribution in [0.3, 0.4) is 0 Å². The van der Waals surface area contributed by atoms with E-state index in [9.17, 15) is 22.8 Å². The fraction of sp³-hybridized carbons (Fsp3) is 0.125. The summed E-state index contributed by atoms with van der Waals surface area (Å²) >= 11 is 0. The van der Waals surface area contributed by atoms with E-state index in [2.05, 4.69) is 4.98 Å². The van der Waals surface area contributed by atoms with Crippen molar-refractivity contribution in [3.63, 3.8) is 0 Å². The van der Waals surface area contributed by atoms with E-state index in [1.54, 1.807) is 0 Å². The first-order valence-electron chi connectivity index (χ1n) is 3.88. The van der Waals surface area contributed by atoms with Gasteiger partial charge >= 0.3 is 18.1 Å². The Hall–Kier alpha value is -2.12. The Labute approximate surface area is 86.9 Å². The van der Waals surface area contributed by atoms with Gasteiger partial charge in [0.2, 0.25) is 0 Å². The van der Waals surface area contributed by atoms with Crippen molar-refractivity contribution in [2.24, 2.45) is 0 Å². The lowest BCUT2D eigenvalue weighted by atomic mass is 10.3. The maximum Gasteiger partial charge on any atom is 0.471 e. The molecule has 0 bridgehead atoms. The van der Waals surface area contributed by atoms with Crippen LogP contribution in [-0.2, 0) is 4.79 Å². The van der Waals surface area contributed by atoms with Crippen LogP contribution in [0.5, 0.6) is 0 Å². The molecule has 0 aromatic carbocycles. The van der Waals surface area contributed by atoms with Crippen molar-refractivity contribution >= 4 is 17.7 Å². The highest BCUT2D eigenvalue weighted by atomic mass is 19.4. The number of anilines is 1. The van der Waals surface area contributed by atoms with E-state index in [0.29, 0.717) is 0 Å². The number of pyridine rings is 1. The van der Waals surface area contributed by atoms with Crippen LogP contribution in [0.15, 0.2) is 18.3 Å². The lowest BCUT2D eigenvalue weighted by molar-refractivity contribution is -0.167. The van der Waals surface area contributed by atoms with E-state index in [1.165, 1.54) is 5.32 Å². The van der Waals surface area contributed by atoms with Crippen molar-refractivity contribution in [3.8, 4) is 0 Å². The third kappa shape index (κ3) is 2.94. The standard InChI is InChI=1S/C8H5F3N2O3/c9-8(10,11)7(16)13-5-2-1-4(3-12-5)6(14)15/h1-3H,(H,14,15)(H,12,13,16). The molecule has 1 rings (SSSR count). The van der Waals surface area contributed by atoms with Crippen LogP contribution in [-0.4, -0.2) is 28.1 Å². The lowest BCUT2D eigenvalue weighted by Gasteiger charge is -2.06. The minimum Gasteiger partial charge on any atom is -0.478 e. The van der Waals surface area contributed by atoms with Crippen molar-refractivity contribution in [2.45, 2.75) is 6.18 Å². The molecule has 1 heterocycles. The summed E-state index contributed by atoms with van der Waals surface area (Å²) in [5.41, 5.74) is -0.190. The monoisotopic (exact) mass is 234 g/mol. The normalized spacial score (nSPS) is 10.9.